The third kappa shape index (κ3) is 5.36. The van der Waals surface area contributed by atoms with Crippen molar-refractivity contribution in [2.45, 2.75) is 70.1 Å². The minimum absolute atomic E-state index is 0.274. The van der Waals surface area contributed by atoms with Gasteiger partial charge in [0, 0.05) is 0 Å². The summed E-state index contributed by atoms with van der Waals surface area (Å²) in [6.45, 7) is -0.274. The molecule has 0 radical (unpaired) electrons. The lowest BCUT2D eigenvalue weighted by Crippen LogP contribution is -2.25. The molecule has 1 aromatic carbocycles. The summed E-state index contributed by atoms with van der Waals surface area (Å²) < 4.78 is 51.5. The summed E-state index contributed by atoms with van der Waals surface area (Å²) in [5.74, 6) is 1.64. The van der Waals surface area contributed by atoms with Gasteiger partial charge in [0.25, 0.3) is 6.43 Å². The first-order valence-electron chi connectivity index (χ1n) is 10.4. The molecule has 0 nitrogen and oxygen atoms in total. The Kier molecular flexibility index (Phi) is 7.37. The summed E-state index contributed by atoms with van der Waals surface area (Å²) in [6, 6.07) is 4.26. The topological polar surface area (TPSA) is 0 Å². The summed E-state index contributed by atoms with van der Waals surface area (Å²) in [5.41, 5.74) is 0.377. The largest absolute Gasteiger partial charge is 0.266 e. The minimum atomic E-state index is -2.75. The molecule has 0 bridgehead atoms. The number of rotatable bonds is 6. The third-order valence-electron chi connectivity index (χ3n) is 6.67. The highest BCUT2D eigenvalue weighted by atomic mass is 19.3. The zero-order chi connectivity index (χ0) is 19.2. The van der Waals surface area contributed by atoms with Crippen LogP contribution in [0.3, 0.4) is 0 Å². The van der Waals surface area contributed by atoms with Crippen LogP contribution in [0.25, 0.3) is 0 Å². The van der Waals surface area contributed by atoms with E-state index in [4.69, 9.17) is 0 Å². The van der Waals surface area contributed by atoms with Crippen LogP contribution >= 0.6 is 0 Å². The molecule has 0 spiro atoms. The molecule has 0 aromatic heterocycles. The molecule has 2 aliphatic rings. The molecule has 0 atom stereocenters. The second-order valence-electron chi connectivity index (χ2n) is 8.27. The molecule has 2 aliphatic carbocycles. The maximum atomic E-state index is 13.9. The van der Waals surface area contributed by atoms with Crippen LogP contribution in [-0.4, -0.2) is 6.67 Å². The van der Waals surface area contributed by atoms with Gasteiger partial charge in [0.15, 0.2) is 0 Å². The molecular formula is C23H30F4. The Morgan fingerprint density at radius 1 is 0.926 bits per heavy atom. The summed E-state index contributed by atoms with van der Waals surface area (Å²) in [7, 11) is 0. The summed E-state index contributed by atoms with van der Waals surface area (Å²) in [6.07, 6.45) is 11.2. The molecule has 0 amide bonds. The molecule has 4 heteroatoms. The van der Waals surface area contributed by atoms with Gasteiger partial charge in [-0.3, -0.25) is 4.39 Å². The van der Waals surface area contributed by atoms with Crippen molar-refractivity contribution in [3.63, 3.8) is 0 Å². The highest BCUT2D eigenvalue weighted by Crippen LogP contribution is 2.44. The highest BCUT2D eigenvalue weighted by Gasteiger charge is 2.31. The lowest BCUT2D eigenvalue weighted by molar-refractivity contribution is 0.146. The number of hydrogen-bond acceptors (Lipinski definition) is 0. The summed E-state index contributed by atoms with van der Waals surface area (Å²) >= 11 is 0. The van der Waals surface area contributed by atoms with Gasteiger partial charge < -0.3 is 0 Å². The van der Waals surface area contributed by atoms with Crippen molar-refractivity contribution >= 4 is 0 Å². The van der Waals surface area contributed by atoms with Gasteiger partial charge in [0.05, 0.1) is 12.2 Å². The van der Waals surface area contributed by atoms with Crippen LogP contribution in [-0.2, 0) is 0 Å². The zero-order valence-electron chi connectivity index (χ0n) is 15.9. The van der Waals surface area contributed by atoms with E-state index in [1.165, 1.54) is 37.8 Å². The van der Waals surface area contributed by atoms with Crippen LogP contribution in [0.2, 0.25) is 0 Å². The van der Waals surface area contributed by atoms with E-state index in [9.17, 15) is 17.6 Å². The fourth-order valence-corrected chi connectivity index (χ4v) is 5.06. The van der Waals surface area contributed by atoms with Crippen molar-refractivity contribution in [2.24, 2.45) is 17.8 Å². The van der Waals surface area contributed by atoms with Crippen LogP contribution in [0, 0.1) is 23.6 Å². The third-order valence-corrected chi connectivity index (χ3v) is 6.67. The zero-order valence-corrected chi connectivity index (χ0v) is 15.9. The maximum Gasteiger partial charge on any atom is 0.266 e. The number of allylic oxidation sites excluding steroid dienone is 2. The molecular weight excluding hydrogens is 352 g/mol. The molecule has 2 fully saturated rings. The number of hydrogen-bond donors (Lipinski definition) is 0. The molecule has 0 N–H and O–H groups in total. The minimum Gasteiger partial charge on any atom is -0.251 e. The number of alkyl halides is 3. The smallest absolute Gasteiger partial charge is 0.251 e. The predicted molar refractivity (Wildman–Crippen MR) is 101 cm³/mol. The Bertz CT molecular complexity index is 609. The lowest BCUT2D eigenvalue weighted by atomic mass is 9.68. The van der Waals surface area contributed by atoms with Crippen LogP contribution < -0.4 is 0 Å². The van der Waals surface area contributed by atoms with Gasteiger partial charge >= 0.3 is 0 Å². The number of benzene rings is 1. The monoisotopic (exact) mass is 382 g/mol. The average Bonchev–Trinajstić information content (AvgIpc) is 2.68. The standard InChI is InChI=1S/C23H30F4/c24-14-2-1-3-16-4-6-17(7-5-16)18-8-10-19(11-9-18)20-12-13-21(23(26)27)22(25)15-20/h1,3,12-13,15-19,23H,2,4-11,14H2/b3-1+/t16-,17-,18?,19?. The SMILES string of the molecule is FCC/C=C/[C@H]1CC[C@H](C2CCC(c3ccc(C(F)F)c(F)c3)CC2)CC1. The molecule has 3 rings (SSSR count). The van der Waals surface area contributed by atoms with Gasteiger partial charge in [0.1, 0.15) is 5.82 Å². The van der Waals surface area contributed by atoms with E-state index in [2.05, 4.69) is 6.08 Å². The molecule has 150 valence electrons. The van der Waals surface area contributed by atoms with Crippen molar-refractivity contribution < 1.29 is 17.6 Å². The van der Waals surface area contributed by atoms with Gasteiger partial charge in [-0.25, -0.2) is 13.2 Å². The van der Waals surface area contributed by atoms with Crippen LogP contribution in [0.1, 0.15) is 81.3 Å². The van der Waals surface area contributed by atoms with E-state index in [0.29, 0.717) is 18.3 Å². The van der Waals surface area contributed by atoms with E-state index in [1.54, 1.807) is 6.07 Å². The first kappa shape index (κ1) is 20.4. The van der Waals surface area contributed by atoms with Gasteiger partial charge in [-0.2, -0.15) is 0 Å². The van der Waals surface area contributed by atoms with Crippen molar-refractivity contribution in [1.29, 1.82) is 0 Å². The molecule has 2 saturated carbocycles. The van der Waals surface area contributed by atoms with Gasteiger partial charge in [0.2, 0.25) is 0 Å². The Labute approximate surface area is 160 Å². The Balaban J connectivity index is 1.48. The molecule has 27 heavy (non-hydrogen) atoms. The molecule has 0 aliphatic heterocycles. The first-order valence-corrected chi connectivity index (χ1v) is 10.4. The summed E-state index contributed by atoms with van der Waals surface area (Å²) in [5, 5.41) is 0. The van der Waals surface area contributed by atoms with E-state index >= 15 is 0 Å². The second-order valence-corrected chi connectivity index (χ2v) is 8.27. The van der Waals surface area contributed by atoms with Crippen LogP contribution in [0.5, 0.6) is 0 Å². The fraction of sp³-hybridized carbons (Fsp3) is 0.652. The molecule has 0 unspecified atom stereocenters. The van der Waals surface area contributed by atoms with E-state index in [0.717, 1.165) is 43.1 Å². The second kappa shape index (κ2) is 9.75. The molecule has 1 aromatic rings. The van der Waals surface area contributed by atoms with Gasteiger partial charge in [-0.05, 0) is 93.1 Å². The van der Waals surface area contributed by atoms with Crippen molar-refractivity contribution in [3.8, 4) is 0 Å². The van der Waals surface area contributed by atoms with Crippen molar-refractivity contribution in [3.05, 3.63) is 47.3 Å². The molecule has 0 saturated heterocycles. The Hall–Kier alpha value is -1.32. The van der Waals surface area contributed by atoms with E-state index in [1.807, 2.05) is 6.08 Å². The lowest BCUT2D eigenvalue weighted by Gasteiger charge is -2.37. The Morgan fingerprint density at radius 2 is 1.56 bits per heavy atom. The highest BCUT2D eigenvalue weighted by molar-refractivity contribution is 5.28. The van der Waals surface area contributed by atoms with Gasteiger partial charge in [-0.15, -0.1) is 0 Å². The normalized spacial score (nSPS) is 29.5. The quantitative estimate of drug-likeness (QED) is 0.348. The Morgan fingerprint density at radius 3 is 2.11 bits per heavy atom. The van der Waals surface area contributed by atoms with E-state index in [-0.39, 0.29) is 6.67 Å². The molecule has 0 heterocycles. The van der Waals surface area contributed by atoms with Crippen molar-refractivity contribution in [1.82, 2.24) is 0 Å². The number of halogens is 4. The predicted octanol–water partition coefficient (Wildman–Crippen LogP) is 7.76. The average molecular weight is 382 g/mol. The fourth-order valence-electron chi connectivity index (χ4n) is 5.06. The van der Waals surface area contributed by atoms with E-state index < -0.39 is 17.8 Å². The maximum absolute atomic E-state index is 13.9. The summed E-state index contributed by atoms with van der Waals surface area (Å²) in [4.78, 5) is 0. The van der Waals surface area contributed by atoms with Crippen molar-refractivity contribution in [2.75, 3.05) is 6.67 Å². The van der Waals surface area contributed by atoms with Crippen LogP contribution in [0.15, 0.2) is 30.4 Å². The first-order chi connectivity index (χ1) is 13.1. The van der Waals surface area contributed by atoms with Gasteiger partial charge in [-0.1, -0.05) is 24.3 Å². The van der Waals surface area contributed by atoms with Crippen LogP contribution in [0.4, 0.5) is 17.6 Å².